The molecular formula is C16H15NO4. The minimum atomic E-state index is -1.11. The summed E-state index contributed by atoms with van der Waals surface area (Å²) in [6.07, 6.45) is 0.0525. The molecule has 2 rings (SSSR count). The smallest absolute Gasteiger partial charge is 0.330 e. The van der Waals surface area contributed by atoms with Gasteiger partial charge in [0.1, 0.15) is 5.75 Å². The van der Waals surface area contributed by atoms with Crippen LogP contribution in [-0.4, -0.2) is 22.1 Å². The van der Waals surface area contributed by atoms with Gasteiger partial charge in [0.25, 0.3) is 0 Å². The topological polar surface area (TPSA) is 86.6 Å². The minimum absolute atomic E-state index is 0.0525. The summed E-state index contributed by atoms with van der Waals surface area (Å²) in [6, 6.07) is 13.6. The molecule has 3 N–H and O–H groups in total. The highest BCUT2D eigenvalue weighted by Gasteiger charge is 2.21. The second kappa shape index (κ2) is 6.56. The van der Waals surface area contributed by atoms with Crippen molar-refractivity contribution in [3.63, 3.8) is 0 Å². The van der Waals surface area contributed by atoms with Gasteiger partial charge in [-0.1, -0.05) is 42.5 Å². The second-order valence-corrected chi connectivity index (χ2v) is 4.59. The maximum Gasteiger partial charge on any atom is 0.330 e. The largest absolute Gasteiger partial charge is 0.508 e. The average Bonchev–Trinajstić information content (AvgIpc) is 2.48. The van der Waals surface area contributed by atoms with E-state index in [0.29, 0.717) is 11.1 Å². The first-order chi connectivity index (χ1) is 10.1. The van der Waals surface area contributed by atoms with Gasteiger partial charge < -0.3 is 15.5 Å². The lowest BCUT2D eigenvalue weighted by Crippen LogP contribution is -2.34. The lowest BCUT2D eigenvalue weighted by molar-refractivity contribution is -0.141. The third-order valence-corrected chi connectivity index (χ3v) is 2.99. The van der Waals surface area contributed by atoms with Crippen molar-refractivity contribution in [2.45, 2.75) is 12.5 Å². The molecule has 2 aromatic carbocycles. The van der Waals surface area contributed by atoms with E-state index in [1.165, 1.54) is 12.1 Å². The quantitative estimate of drug-likeness (QED) is 0.782. The molecule has 0 saturated carbocycles. The van der Waals surface area contributed by atoms with E-state index in [-0.39, 0.29) is 12.2 Å². The fourth-order valence-corrected chi connectivity index (χ4v) is 1.94. The van der Waals surface area contributed by atoms with Crippen LogP contribution in [0.5, 0.6) is 5.75 Å². The SMILES string of the molecule is O=C(Cc1ccc(O)cc1)NC(C(=O)O)c1ccccc1. The molecule has 0 aliphatic rings. The molecule has 0 fully saturated rings. The molecule has 108 valence electrons. The van der Waals surface area contributed by atoms with Crippen LogP contribution in [0.25, 0.3) is 0 Å². The summed E-state index contributed by atoms with van der Waals surface area (Å²) in [5.41, 5.74) is 1.21. The van der Waals surface area contributed by atoms with Crippen LogP contribution in [0.1, 0.15) is 17.2 Å². The highest BCUT2D eigenvalue weighted by molar-refractivity contribution is 5.85. The van der Waals surface area contributed by atoms with Crippen LogP contribution in [0, 0.1) is 0 Å². The summed E-state index contributed by atoms with van der Waals surface area (Å²) in [7, 11) is 0. The first-order valence-electron chi connectivity index (χ1n) is 6.41. The van der Waals surface area contributed by atoms with Gasteiger partial charge in [-0.05, 0) is 23.3 Å². The zero-order valence-corrected chi connectivity index (χ0v) is 11.2. The number of aliphatic carboxylic acids is 1. The molecule has 5 heteroatoms. The number of amides is 1. The van der Waals surface area contributed by atoms with E-state index in [1.54, 1.807) is 42.5 Å². The molecule has 0 spiro atoms. The van der Waals surface area contributed by atoms with Gasteiger partial charge in [-0.15, -0.1) is 0 Å². The van der Waals surface area contributed by atoms with Crippen molar-refractivity contribution in [2.75, 3.05) is 0 Å². The molecule has 2 aromatic rings. The summed E-state index contributed by atoms with van der Waals surface area (Å²) in [4.78, 5) is 23.2. The Balaban J connectivity index is 2.05. The summed E-state index contributed by atoms with van der Waals surface area (Å²) < 4.78 is 0. The summed E-state index contributed by atoms with van der Waals surface area (Å²) in [5.74, 6) is -1.39. The normalized spacial score (nSPS) is 11.6. The van der Waals surface area contributed by atoms with Crippen LogP contribution in [0.2, 0.25) is 0 Å². The van der Waals surface area contributed by atoms with Gasteiger partial charge in [0.2, 0.25) is 5.91 Å². The average molecular weight is 285 g/mol. The predicted octanol–water partition coefficient (Wildman–Crippen LogP) is 1.88. The Morgan fingerprint density at radius 1 is 1.00 bits per heavy atom. The van der Waals surface area contributed by atoms with E-state index in [9.17, 15) is 19.8 Å². The van der Waals surface area contributed by atoms with Crippen molar-refractivity contribution in [3.05, 3.63) is 65.7 Å². The number of aromatic hydroxyl groups is 1. The van der Waals surface area contributed by atoms with Crippen LogP contribution < -0.4 is 5.32 Å². The molecule has 0 aliphatic carbocycles. The van der Waals surface area contributed by atoms with E-state index in [0.717, 1.165) is 0 Å². The Hall–Kier alpha value is -2.82. The van der Waals surface area contributed by atoms with Gasteiger partial charge in [0.05, 0.1) is 6.42 Å². The maximum absolute atomic E-state index is 11.9. The number of phenols is 1. The maximum atomic E-state index is 11.9. The van der Waals surface area contributed by atoms with Gasteiger partial charge in [0, 0.05) is 0 Å². The monoisotopic (exact) mass is 285 g/mol. The van der Waals surface area contributed by atoms with Crippen LogP contribution in [0.15, 0.2) is 54.6 Å². The van der Waals surface area contributed by atoms with Crippen LogP contribution in [-0.2, 0) is 16.0 Å². The second-order valence-electron chi connectivity index (χ2n) is 4.59. The first kappa shape index (κ1) is 14.6. The van der Waals surface area contributed by atoms with Gasteiger partial charge in [-0.3, -0.25) is 4.79 Å². The number of hydrogen-bond acceptors (Lipinski definition) is 3. The van der Waals surface area contributed by atoms with Crippen LogP contribution >= 0.6 is 0 Å². The van der Waals surface area contributed by atoms with Gasteiger partial charge in [-0.2, -0.15) is 0 Å². The molecule has 21 heavy (non-hydrogen) atoms. The summed E-state index contributed by atoms with van der Waals surface area (Å²) >= 11 is 0. The molecule has 0 heterocycles. The molecule has 1 atom stereocenters. The third-order valence-electron chi connectivity index (χ3n) is 2.99. The van der Waals surface area contributed by atoms with E-state index >= 15 is 0 Å². The predicted molar refractivity (Wildman–Crippen MR) is 76.8 cm³/mol. The van der Waals surface area contributed by atoms with Gasteiger partial charge in [-0.25, -0.2) is 4.79 Å². The molecule has 0 aliphatic heterocycles. The highest BCUT2D eigenvalue weighted by atomic mass is 16.4. The fourth-order valence-electron chi connectivity index (χ4n) is 1.94. The standard InChI is InChI=1S/C16H15NO4/c18-13-8-6-11(7-9-13)10-14(19)17-15(16(20)21)12-4-2-1-3-5-12/h1-9,15,18H,10H2,(H,17,19)(H,20,21). The van der Waals surface area contributed by atoms with Crippen molar-refractivity contribution in [1.29, 1.82) is 0 Å². The van der Waals surface area contributed by atoms with E-state index in [4.69, 9.17) is 0 Å². The van der Waals surface area contributed by atoms with E-state index in [1.807, 2.05) is 0 Å². The number of benzene rings is 2. The van der Waals surface area contributed by atoms with Gasteiger partial charge in [0.15, 0.2) is 6.04 Å². The highest BCUT2D eigenvalue weighted by Crippen LogP contribution is 2.14. The van der Waals surface area contributed by atoms with Crippen molar-refractivity contribution < 1.29 is 19.8 Å². The van der Waals surface area contributed by atoms with Crippen molar-refractivity contribution in [3.8, 4) is 5.75 Å². The lowest BCUT2D eigenvalue weighted by Gasteiger charge is -2.15. The van der Waals surface area contributed by atoms with E-state index in [2.05, 4.69) is 5.32 Å². The molecular weight excluding hydrogens is 270 g/mol. The minimum Gasteiger partial charge on any atom is -0.508 e. The number of hydrogen-bond donors (Lipinski definition) is 3. The number of carboxylic acid groups (broad SMARTS) is 1. The van der Waals surface area contributed by atoms with Crippen molar-refractivity contribution in [1.82, 2.24) is 5.32 Å². The summed E-state index contributed by atoms with van der Waals surface area (Å²) in [6.45, 7) is 0. The lowest BCUT2D eigenvalue weighted by atomic mass is 10.1. The Morgan fingerprint density at radius 2 is 1.62 bits per heavy atom. The molecule has 1 amide bonds. The number of nitrogens with one attached hydrogen (secondary N) is 1. The van der Waals surface area contributed by atoms with E-state index < -0.39 is 17.9 Å². The molecule has 1 unspecified atom stereocenters. The fraction of sp³-hybridized carbons (Fsp3) is 0.125. The molecule has 0 aromatic heterocycles. The van der Waals surface area contributed by atoms with Gasteiger partial charge >= 0.3 is 5.97 Å². The van der Waals surface area contributed by atoms with Crippen molar-refractivity contribution >= 4 is 11.9 Å². The number of carbonyl (C=O) groups is 2. The molecule has 5 nitrogen and oxygen atoms in total. The number of phenolic OH excluding ortho intramolecular Hbond substituents is 1. The third kappa shape index (κ3) is 4.07. The summed E-state index contributed by atoms with van der Waals surface area (Å²) in [5, 5.41) is 20.9. The molecule has 0 bridgehead atoms. The molecule has 0 radical (unpaired) electrons. The number of carbonyl (C=O) groups excluding carboxylic acids is 1. The Kier molecular flexibility index (Phi) is 4.56. The number of carboxylic acids is 1. The first-order valence-corrected chi connectivity index (χ1v) is 6.41. The van der Waals surface area contributed by atoms with Crippen LogP contribution in [0.3, 0.4) is 0 Å². The Labute approximate surface area is 121 Å². The van der Waals surface area contributed by atoms with Crippen LogP contribution in [0.4, 0.5) is 0 Å². The number of rotatable bonds is 5. The zero-order valence-electron chi connectivity index (χ0n) is 11.2. The zero-order chi connectivity index (χ0) is 15.2. The Morgan fingerprint density at radius 3 is 2.19 bits per heavy atom. The molecule has 0 saturated heterocycles. The Bertz CT molecular complexity index is 622. The van der Waals surface area contributed by atoms with Crippen molar-refractivity contribution in [2.24, 2.45) is 0 Å².